The molecule has 0 aromatic carbocycles. The van der Waals surface area contributed by atoms with Gasteiger partial charge in [0.2, 0.25) is 0 Å². The first kappa shape index (κ1) is 12.8. The number of hydrogen-bond acceptors (Lipinski definition) is 2. The Morgan fingerprint density at radius 3 is 2.65 bits per heavy atom. The second kappa shape index (κ2) is 4.21. The number of halogens is 1. The molecular weight excluding hydrogens is 305 g/mol. The summed E-state index contributed by atoms with van der Waals surface area (Å²) in [4.78, 5) is 11.5. The molecule has 0 aliphatic carbocycles. The number of rotatable bonds is 2. The summed E-state index contributed by atoms with van der Waals surface area (Å²) >= 11 is 6.11. The van der Waals surface area contributed by atoms with Crippen LogP contribution in [0.5, 0.6) is 0 Å². The number of aliphatic hydroxyl groups is 1. The fraction of sp³-hybridized carbons (Fsp3) is 0.333. The van der Waals surface area contributed by atoms with E-state index in [-0.39, 0.29) is 20.5 Å². The van der Waals surface area contributed by atoms with Crippen LogP contribution in [0.25, 0.3) is 5.52 Å². The fourth-order valence-corrected chi connectivity index (χ4v) is 4.68. The maximum absolute atomic E-state index is 11.5. The monoisotopic (exact) mass is 318 g/mol. The molecule has 0 fully saturated rings. The minimum absolute atomic E-state index is 0.00943. The van der Waals surface area contributed by atoms with Crippen molar-refractivity contribution in [2.24, 2.45) is 0 Å². The van der Waals surface area contributed by atoms with E-state index in [2.05, 4.69) is 0 Å². The molecule has 3 nitrogen and oxygen atoms in total. The summed E-state index contributed by atoms with van der Waals surface area (Å²) in [5.74, 6) is 0.00943. The Kier molecular flexibility index (Phi) is 3.17. The molecule has 0 saturated heterocycles. The predicted molar refractivity (Wildman–Crippen MR) is 66.8 cm³/mol. The van der Waals surface area contributed by atoms with Crippen LogP contribution in [0.2, 0.25) is 5.02 Å². The molecule has 2 heterocycles. The summed E-state index contributed by atoms with van der Waals surface area (Å²) in [6.07, 6.45) is 0. The van der Waals surface area contributed by atoms with Gasteiger partial charge >= 0.3 is 111 Å². The van der Waals surface area contributed by atoms with Gasteiger partial charge in [-0.25, -0.2) is 0 Å². The number of pyridine rings is 1. The van der Waals surface area contributed by atoms with Gasteiger partial charge in [0, 0.05) is 0 Å². The molecule has 0 radical (unpaired) electrons. The topological polar surface area (TPSA) is 41.4 Å². The Bertz CT molecular complexity index is 598. The van der Waals surface area contributed by atoms with Crippen molar-refractivity contribution in [2.45, 2.75) is 26.4 Å². The van der Waals surface area contributed by atoms with Crippen molar-refractivity contribution in [1.29, 1.82) is 0 Å². The Morgan fingerprint density at radius 1 is 1.47 bits per heavy atom. The van der Waals surface area contributed by atoms with Crippen LogP contribution >= 0.6 is 11.6 Å². The first-order valence-corrected chi connectivity index (χ1v) is 7.20. The number of fused-ring (bicyclic) bond motifs is 1. The molecule has 2 aromatic rings. The molecule has 90 valence electrons. The molecular formula is C12H13ClNO2Se+. The molecule has 2 aromatic heterocycles. The van der Waals surface area contributed by atoms with Crippen LogP contribution in [0.15, 0.2) is 18.2 Å². The van der Waals surface area contributed by atoms with E-state index in [0.29, 0.717) is 10.7 Å². The van der Waals surface area contributed by atoms with Crippen molar-refractivity contribution in [2.75, 3.05) is 0 Å². The Hall–Kier alpha value is -0.671. The normalized spacial score (nSPS) is 12.1. The predicted octanol–water partition coefficient (Wildman–Crippen LogP) is 1.57. The van der Waals surface area contributed by atoms with E-state index in [1.165, 1.54) is 6.92 Å². The van der Waals surface area contributed by atoms with Gasteiger partial charge in [0.05, 0.1) is 0 Å². The molecule has 5 heteroatoms. The molecule has 0 unspecified atom stereocenters. The summed E-state index contributed by atoms with van der Waals surface area (Å²) in [7, 11) is 0. The third-order valence-electron chi connectivity index (χ3n) is 2.47. The first-order chi connectivity index (χ1) is 7.82. The van der Waals surface area contributed by atoms with Crippen LogP contribution in [-0.2, 0) is 5.60 Å². The maximum atomic E-state index is 11.5. The van der Waals surface area contributed by atoms with Crippen LogP contribution < -0.4 is 3.40 Å². The first-order valence-electron chi connectivity index (χ1n) is 5.19. The molecule has 0 aliphatic rings. The third-order valence-corrected chi connectivity index (χ3v) is 6.17. The molecule has 0 saturated carbocycles. The molecule has 0 bridgehead atoms. The average molecular weight is 318 g/mol. The van der Waals surface area contributed by atoms with Crippen LogP contribution in [-0.4, -0.2) is 25.6 Å². The summed E-state index contributed by atoms with van der Waals surface area (Å²) in [6, 6.07) is 5.47. The van der Waals surface area contributed by atoms with Gasteiger partial charge in [0.15, 0.2) is 0 Å². The van der Waals surface area contributed by atoms with Crippen molar-refractivity contribution >= 4 is 37.6 Å². The molecule has 0 atom stereocenters. The Morgan fingerprint density at radius 2 is 2.12 bits per heavy atom. The quantitative estimate of drug-likeness (QED) is 0.675. The molecule has 0 spiro atoms. The van der Waals surface area contributed by atoms with Crippen molar-refractivity contribution in [3.05, 3.63) is 33.4 Å². The molecule has 1 N–H and O–H groups in total. The van der Waals surface area contributed by atoms with Crippen molar-refractivity contribution in [3.63, 3.8) is 0 Å². The van der Waals surface area contributed by atoms with Crippen LogP contribution in [0.1, 0.15) is 35.7 Å². The van der Waals surface area contributed by atoms with E-state index < -0.39 is 5.60 Å². The van der Waals surface area contributed by atoms with Crippen LogP contribution in [0, 0.1) is 0 Å². The zero-order valence-electron chi connectivity index (χ0n) is 9.82. The van der Waals surface area contributed by atoms with Gasteiger partial charge in [-0.1, -0.05) is 0 Å². The number of carbonyl (C=O) groups is 1. The number of hydrogen-bond donors (Lipinski definition) is 1. The van der Waals surface area contributed by atoms with E-state index in [1.54, 1.807) is 19.9 Å². The summed E-state index contributed by atoms with van der Waals surface area (Å²) in [5.41, 5.74) is 0.508. The molecule has 17 heavy (non-hydrogen) atoms. The van der Waals surface area contributed by atoms with Gasteiger partial charge in [-0.15, -0.1) is 0 Å². The number of aromatic nitrogens is 1. The molecule has 0 aliphatic heterocycles. The van der Waals surface area contributed by atoms with Gasteiger partial charge in [0.25, 0.3) is 0 Å². The van der Waals surface area contributed by atoms with E-state index in [1.807, 2.05) is 15.5 Å². The van der Waals surface area contributed by atoms with E-state index in [4.69, 9.17) is 11.6 Å². The number of ketones is 1. The van der Waals surface area contributed by atoms with Gasteiger partial charge in [0.1, 0.15) is 0 Å². The van der Waals surface area contributed by atoms with Gasteiger partial charge < -0.3 is 0 Å². The number of Topliss-reactive ketones (excluding diaryl/α,β-unsaturated/α-hetero) is 1. The number of nitrogens with zero attached hydrogens (tertiary/aromatic N) is 1. The Balaban J connectivity index is 2.82. The minimum atomic E-state index is -0.947. The van der Waals surface area contributed by atoms with Gasteiger partial charge in [-0.3, -0.25) is 0 Å². The van der Waals surface area contributed by atoms with Crippen LogP contribution in [0.4, 0.5) is 0 Å². The zero-order valence-corrected chi connectivity index (χ0v) is 12.3. The SMILES string of the molecule is CC(=O)c1cccc2c(Cl)c(C(C)(C)O)[se][n+]12. The number of carbonyl (C=O) groups excluding carboxylic acids is 1. The van der Waals surface area contributed by atoms with Gasteiger partial charge in [-0.2, -0.15) is 0 Å². The summed E-state index contributed by atoms with van der Waals surface area (Å²) in [6.45, 7) is 4.97. The van der Waals surface area contributed by atoms with Crippen molar-refractivity contribution in [1.82, 2.24) is 0 Å². The Labute approximate surface area is 111 Å². The van der Waals surface area contributed by atoms with E-state index in [0.717, 1.165) is 9.95 Å². The van der Waals surface area contributed by atoms with E-state index >= 15 is 0 Å². The zero-order chi connectivity index (χ0) is 12.8. The second-order valence-corrected chi connectivity index (χ2v) is 6.82. The second-order valence-electron chi connectivity index (χ2n) is 4.44. The third kappa shape index (κ3) is 2.18. The standard InChI is InChI=1S/C12H13ClNO2Se/c1-7(15)8-5-4-6-9-10(13)11(12(2,3)16)17-14(8)9/h4-6,16H,1-3H3/q+1. The van der Waals surface area contributed by atoms with E-state index in [9.17, 15) is 9.90 Å². The molecule has 2 rings (SSSR count). The molecule has 0 amide bonds. The summed E-state index contributed by atoms with van der Waals surface area (Å²) < 4.78 is 2.71. The van der Waals surface area contributed by atoms with Crippen LogP contribution in [0.3, 0.4) is 0 Å². The fourth-order valence-electron chi connectivity index (χ4n) is 1.64. The average Bonchev–Trinajstić information content (AvgIpc) is 2.55. The van der Waals surface area contributed by atoms with Crippen molar-refractivity contribution in [3.8, 4) is 0 Å². The van der Waals surface area contributed by atoms with Gasteiger partial charge in [-0.05, 0) is 0 Å². The van der Waals surface area contributed by atoms with Crippen molar-refractivity contribution < 1.29 is 13.3 Å². The summed E-state index contributed by atoms with van der Waals surface area (Å²) in [5, 5.41) is 10.6.